The number of imide groups is 1. The predicted octanol–water partition coefficient (Wildman–Crippen LogP) is 2.31. The third kappa shape index (κ3) is 7.45. The highest BCUT2D eigenvalue weighted by Crippen LogP contribution is 2.32. The summed E-state index contributed by atoms with van der Waals surface area (Å²) in [6.45, 7) is 1.51. The van der Waals surface area contributed by atoms with Crippen molar-refractivity contribution in [2.45, 2.75) is 38.5 Å². The first-order valence-electron chi connectivity index (χ1n) is 10.3. The summed E-state index contributed by atoms with van der Waals surface area (Å²) >= 11 is 6.17. The first-order valence-corrected chi connectivity index (χ1v) is 12.3. The van der Waals surface area contributed by atoms with Crippen LogP contribution in [0, 0.1) is 5.92 Å². The molecule has 0 bridgehead atoms. The Morgan fingerprint density at radius 1 is 1.20 bits per heavy atom. The number of carbonyl (C=O) groups is 2. The van der Waals surface area contributed by atoms with Crippen LogP contribution < -0.4 is 14.8 Å². The summed E-state index contributed by atoms with van der Waals surface area (Å²) in [5.41, 5.74) is 0.964. The Bertz CT molecular complexity index is 873. The molecule has 8 nitrogen and oxygen atoms in total. The van der Waals surface area contributed by atoms with E-state index in [2.05, 4.69) is 10.0 Å². The highest BCUT2D eigenvalue weighted by Gasteiger charge is 2.25. The van der Waals surface area contributed by atoms with Crippen LogP contribution >= 0.6 is 11.6 Å². The third-order valence-corrected chi connectivity index (χ3v) is 6.89. The van der Waals surface area contributed by atoms with Crippen molar-refractivity contribution in [1.29, 1.82) is 0 Å². The number of hydrogen-bond acceptors (Lipinski definition) is 5. The lowest BCUT2D eigenvalue weighted by atomic mass is 10.1. The maximum Gasteiger partial charge on any atom is 0.324 e. The summed E-state index contributed by atoms with van der Waals surface area (Å²) in [7, 11) is -3.36. The fourth-order valence-electron chi connectivity index (χ4n) is 3.16. The number of hydrogen-bond donors (Lipinski definition) is 2. The molecule has 1 aromatic rings. The zero-order chi connectivity index (χ0) is 21.6. The molecular formula is C20H28ClN3O5S. The number of urea groups is 1. The van der Waals surface area contributed by atoms with Gasteiger partial charge in [-0.1, -0.05) is 24.1 Å². The van der Waals surface area contributed by atoms with E-state index in [0.29, 0.717) is 62.1 Å². The molecule has 166 valence electrons. The summed E-state index contributed by atoms with van der Waals surface area (Å²) in [5, 5.41) is 2.78. The zero-order valence-electron chi connectivity index (χ0n) is 16.9. The van der Waals surface area contributed by atoms with E-state index in [9.17, 15) is 18.0 Å². The molecule has 0 atom stereocenters. The quantitative estimate of drug-likeness (QED) is 0.349. The van der Waals surface area contributed by atoms with Crippen molar-refractivity contribution in [2.75, 3.05) is 32.0 Å². The molecule has 2 aliphatic rings. The van der Waals surface area contributed by atoms with Crippen molar-refractivity contribution in [1.82, 2.24) is 14.9 Å². The molecule has 1 aromatic carbocycles. The van der Waals surface area contributed by atoms with Gasteiger partial charge >= 0.3 is 6.03 Å². The van der Waals surface area contributed by atoms with E-state index in [4.69, 9.17) is 16.3 Å². The van der Waals surface area contributed by atoms with E-state index in [1.165, 1.54) is 17.7 Å². The maximum absolute atomic E-state index is 12.2. The number of nitrogens with zero attached hydrogens (tertiary/aromatic N) is 1. The molecule has 0 unspecified atom stereocenters. The van der Waals surface area contributed by atoms with Gasteiger partial charge in [0.05, 0.1) is 17.4 Å². The number of ether oxygens (including phenoxy) is 1. The first-order chi connectivity index (χ1) is 14.3. The second-order valence-electron chi connectivity index (χ2n) is 7.82. The van der Waals surface area contributed by atoms with Gasteiger partial charge in [0.1, 0.15) is 12.3 Å². The molecule has 1 aliphatic carbocycles. The molecule has 30 heavy (non-hydrogen) atoms. The molecule has 1 saturated heterocycles. The molecule has 2 fully saturated rings. The van der Waals surface area contributed by atoms with Crippen LogP contribution in [0.4, 0.5) is 4.79 Å². The minimum atomic E-state index is -3.36. The molecule has 0 aromatic heterocycles. The fourth-order valence-corrected chi connectivity index (χ4v) is 4.48. The topological polar surface area (TPSA) is 105 Å². The zero-order valence-corrected chi connectivity index (χ0v) is 18.4. The summed E-state index contributed by atoms with van der Waals surface area (Å²) in [6.07, 6.45) is 4.77. The third-order valence-electron chi connectivity index (χ3n) is 5.11. The lowest BCUT2D eigenvalue weighted by molar-refractivity contribution is -0.118. The van der Waals surface area contributed by atoms with Gasteiger partial charge in [0.25, 0.3) is 0 Å². The van der Waals surface area contributed by atoms with E-state index in [-0.39, 0.29) is 24.2 Å². The van der Waals surface area contributed by atoms with E-state index in [1.807, 2.05) is 12.1 Å². The van der Waals surface area contributed by atoms with Crippen molar-refractivity contribution in [3.05, 3.63) is 28.8 Å². The van der Waals surface area contributed by atoms with Gasteiger partial charge in [0, 0.05) is 13.1 Å². The van der Waals surface area contributed by atoms with Crippen molar-refractivity contribution in [3.8, 4) is 5.75 Å². The van der Waals surface area contributed by atoms with Crippen LogP contribution in [0.2, 0.25) is 5.02 Å². The number of carbonyl (C=O) groups excluding carboxylic acids is 2. The lowest BCUT2D eigenvalue weighted by Crippen LogP contribution is -2.29. The largest absolute Gasteiger partial charge is 0.492 e. The minimum Gasteiger partial charge on any atom is -0.492 e. The van der Waals surface area contributed by atoms with Gasteiger partial charge < -0.3 is 9.64 Å². The molecule has 10 heteroatoms. The van der Waals surface area contributed by atoms with Crippen molar-refractivity contribution in [3.63, 3.8) is 0 Å². The molecule has 1 saturated carbocycles. The van der Waals surface area contributed by atoms with Gasteiger partial charge in [0.15, 0.2) is 0 Å². The number of nitrogens with one attached hydrogen (secondary N) is 2. The summed E-state index contributed by atoms with van der Waals surface area (Å²) in [4.78, 5) is 24.0. The number of halogens is 1. The van der Waals surface area contributed by atoms with Gasteiger partial charge in [-0.05, 0) is 55.7 Å². The molecule has 2 N–H and O–H groups in total. The summed E-state index contributed by atoms with van der Waals surface area (Å²) in [6, 6.07) is 5.15. The Hall–Kier alpha value is -1.84. The van der Waals surface area contributed by atoms with Gasteiger partial charge in [-0.2, -0.15) is 0 Å². The van der Waals surface area contributed by atoms with Crippen LogP contribution in [0.1, 0.15) is 37.7 Å². The average molecular weight is 458 g/mol. The first kappa shape index (κ1) is 22.8. The van der Waals surface area contributed by atoms with Crippen LogP contribution in [0.15, 0.2) is 18.2 Å². The van der Waals surface area contributed by atoms with E-state index < -0.39 is 10.0 Å². The maximum atomic E-state index is 12.2. The van der Waals surface area contributed by atoms with E-state index in [1.54, 1.807) is 6.07 Å². The lowest BCUT2D eigenvalue weighted by Gasteiger charge is -2.12. The van der Waals surface area contributed by atoms with Crippen LogP contribution in [-0.2, 0) is 21.2 Å². The molecule has 1 heterocycles. The van der Waals surface area contributed by atoms with Crippen LogP contribution in [-0.4, -0.2) is 57.3 Å². The molecular weight excluding hydrogens is 430 g/mol. The number of rotatable bonds is 13. The second kappa shape index (κ2) is 10.5. The number of sulfonamides is 1. The molecule has 3 amide bonds. The monoisotopic (exact) mass is 457 g/mol. The highest BCUT2D eigenvalue weighted by molar-refractivity contribution is 7.89. The van der Waals surface area contributed by atoms with Crippen molar-refractivity contribution < 1.29 is 22.7 Å². The number of unbranched alkanes of at least 4 members (excludes halogenated alkanes) is 2. The van der Waals surface area contributed by atoms with Crippen molar-refractivity contribution in [2.24, 2.45) is 5.92 Å². The smallest absolute Gasteiger partial charge is 0.324 e. The van der Waals surface area contributed by atoms with E-state index in [0.717, 1.165) is 5.56 Å². The normalized spacial score (nSPS) is 16.8. The second-order valence-corrected chi connectivity index (χ2v) is 10.2. The molecule has 0 radical (unpaired) electrons. The van der Waals surface area contributed by atoms with Gasteiger partial charge in [-0.25, -0.2) is 17.9 Å². The van der Waals surface area contributed by atoms with Gasteiger partial charge in [0.2, 0.25) is 15.9 Å². The van der Waals surface area contributed by atoms with Gasteiger partial charge in [-0.15, -0.1) is 0 Å². The van der Waals surface area contributed by atoms with Gasteiger partial charge in [-0.3, -0.25) is 10.1 Å². The number of benzene rings is 1. The molecule has 0 spiro atoms. The van der Waals surface area contributed by atoms with Crippen LogP contribution in [0.5, 0.6) is 5.75 Å². The minimum absolute atomic E-state index is 0.0362. The number of amides is 3. The Labute approximate surface area is 182 Å². The van der Waals surface area contributed by atoms with E-state index >= 15 is 0 Å². The van der Waals surface area contributed by atoms with Crippen LogP contribution in [0.3, 0.4) is 0 Å². The Morgan fingerprint density at radius 3 is 2.70 bits per heavy atom. The summed E-state index contributed by atoms with van der Waals surface area (Å²) < 4.78 is 32.7. The Balaban J connectivity index is 1.32. The SMILES string of the molecule is O=C1CN(CCCCCS(=O)(=O)NCCc2ccc(Cl)c(OCC3CC3)c2)C(=O)N1. The average Bonchev–Trinajstić information content (AvgIpc) is 3.45. The molecule has 3 rings (SSSR count). The summed E-state index contributed by atoms with van der Waals surface area (Å²) in [5.74, 6) is 1.02. The fraction of sp³-hybridized carbons (Fsp3) is 0.600. The molecule has 1 aliphatic heterocycles. The standard InChI is InChI=1S/C20H28ClN3O5S/c21-17-7-6-15(12-18(17)29-14-16-4-5-16)8-9-22-30(27,28)11-3-1-2-10-24-13-19(25)23-20(24)26/h6-7,12,16,22H,1-5,8-11,13-14H2,(H,23,25,26). The van der Waals surface area contributed by atoms with Crippen LogP contribution in [0.25, 0.3) is 0 Å². The Kier molecular flexibility index (Phi) is 7.96. The Morgan fingerprint density at radius 2 is 2.00 bits per heavy atom. The highest BCUT2D eigenvalue weighted by atomic mass is 35.5. The van der Waals surface area contributed by atoms with Crippen molar-refractivity contribution >= 4 is 33.6 Å². The predicted molar refractivity (Wildman–Crippen MR) is 114 cm³/mol.